The molecule has 5 heteroatoms. The molecular weight excluding hydrogens is 492 g/mol. The molecule has 172 valence electrons. The highest BCUT2D eigenvalue weighted by Gasteiger charge is 2.11. The van der Waals surface area contributed by atoms with E-state index in [4.69, 9.17) is 14.2 Å². The van der Waals surface area contributed by atoms with Crippen LogP contribution in [0, 0.1) is 0 Å². The predicted molar refractivity (Wildman–Crippen MR) is 137 cm³/mol. The molecule has 0 amide bonds. The highest BCUT2D eigenvalue weighted by Crippen LogP contribution is 2.27. The van der Waals surface area contributed by atoms with Gasteiger partial charge in [-0.25, -0.2) is 4.79 Å². The van der Waals surface area contributed by atoms with Gasteiger partial charge < -0.3 is 14.2 Å². The van der Waals surface area contributed by atoms with Crippen LogP contribution in [-0.4, -0.2) is 19.2 Å². The van der Waals surface area contributed by atoms with Crippen molar-refractivity contribution in [2.24, 2.45) is 0 Å². The van der Waals surface area contributed by atoms with Crippen LogP contribution in [0.2, 0.25) is 0 Å². The Morgan fingerprint density at radius 3 is 2.00 bits per heavy atom. The van der Waals surface area contributed by atoms with Gasteiger partial charge in [-0.2, -0.15) is 0 Å². The summed E-state index contributed by atoms with van der Waals surface area (Å²) in [5.41, 5.74) is 4.58. The summed E-state index contributed by atoms with van der Waals surface area (Å²) in [7, 11) is 0. The molecule has 0 atom stereocenters. The molecule has 0 unspecified atom stereocenters. The monoisotopic (exact) mass is 516 g/mol. The lowest BCUT2D eigenvalue weighted by atomic mass is 10.0. The molecule has 0 saturated heterocycles. The first kappa shape index (κ1) is 23.7. The van der Waals surface area contributed by atoms with Gasteiger partial charge in [0.1, 0.15) is 19.0 Å². The number of hydrogen-bond donors (Lipinski definition) is 0. The van der Waals surface area contributed by atoms with E-state index in [1.807, 2.05) is 97.1 Å². The molecule has 34 heavy (non-hydrogen) atoms. The first-order chi connectivity index (χ1) is 16.7. The summed E-state index contributed by atoms with van der Waals surface area (Å²) in [4.78, 5) is 12.6. The van der Waals surface area contributed by atoms with Crippen LogP contribution < -0.4 is 4.74 Å². The Morgan fingerprint density at radius 1 is 0.676 bits per heavy atom. The molecule has 4 nitrogen and oxygen atoms in total. The molecule has 0 heterocycles. The second-order valence-corrected chi connectivity index (χ2v) is 8.62. The Labute approximate surface area is 208 Å². The fraction of sp³-hybridized carbons (Fsp3) is 0.138. The molecule has 0 aliphatic heterocycles. The second kappa shape index (κ2) is 12.2. The molecule has 0 saturated carbocycles. The minimum atomic E-state index is -0.381. The molecule has 0 bridgehead atoms. The maximum atomic E-state index is 12.6. The zero-order chi connectivity index (χ0) is 23.6. The molecule has 0 aromatic heterocycles. The van der Waals surface area contributed by atoms with E-state index in [1.165, 1.54) is 0 Å². The minimum Gasteiger partial charge on any atom is -0.489 e. The Morgan fingerprint density at radius 2 is 1.32 bits per heavy atom. The Balaban J connectivity index is 1.31. The molecule has 4 rings (SSSR count). The van der Waals surface area contributed by atoms with Gasteiger partial charge in [0.2, 0.25) is 0 Å². The van der Waals surface area contributed by atoms with E-state index in [0.29, 0.717) is 25.4 Å². The molecule has 0 spiro atoms. The van der Waals surface area contributed by atoms with E-state index in [0.717, 1.165) is 32.5 Å². The van der Waals surface area contributed by atoms with Gasteiger partial charge in [-0.15, -0.1) is 0 Å². The van der Waals surface area contributed by atoms with Gasteiger partial charge in [-0.1, -0.05) is 88.7 Å². The maximum Gasteiger partial charge on any atom is 0.338 e. The molecule has 0 fully saturated rings. The molecule has 0 aliphatic rings. The number of esters is 1. The molecule has 4 aromatic rings. The second-order valence-electron chi connectivity index (χ2n) is 7.70. The quantitative estimate of drug-likeness (QED) is 0.167. The lowest BCUT2D eigenvalue weighted by Gasteiger charge is -2.10. The van der Waals surface area contributed by atoms with Crippen LogP contribution in [0.5, 0.6) is 5.75 Å². The van der Waals surface area contributed by atoms with Crippen molar-refractivity contribution in [1.29, 1.82) is 0 Å². The van der Waals surface area contributed by atoms with E-state index < -0.39 is 0 Å². The predicted octanol–water partition coefficient (Wildman–Crippen LogP) is 7.07. The van der Waals surface area contributed by atoms with Gasteiger partial charge in [-0.05, 0) is 52.6 Å². The summed E-state index contributed by atoms with van der Waals surface area (Å²) in [6, 6.07) is 33.3. The van der Waals surface area contributed by atoms with Crippen molar-refractivity contribution in [2.75, 3.05) is 13.2 Å². The number of ether oxygens (including phenoxy) is 3. The first-order valence-corrected chi connectivity index (χ1v) is 11.8. The zero-order valence-corrected chi connectivity index (χ0v) is 20.2. The lowest BCUT2D eigenvalue weighted by Crippen LogP contribution is -2.11. The van der Waals surface area contributed by atoms with E-state index in [1.54, 1.807) is 6.07 Å². The zero-order valence-electron chi connectivity index (χ0n) is 18.7. The van der Waals surface area contributed by atoms with Crippen LogP contribution in [0.1, 0.15) is 21.5 Å². The third-order valence-electron chi connectivity index (χ3n) is 5.14. The van der Waals surface area contributed by atoms with Crippen molar-refractivity contribution < 1.29 is 19.0 Å². The number of hydrogen-bond acceptors (Lipinski definition) is 4. The summed E-state index contributed by atoms with van der Waals surface area (Å²) < 4.78 is 17.7. The largest absolute Gasteiger partial charge is 0.489 e. The van der Waals surface area contributed by atoms with Gasteiger partial charge in [-0.3, -0.25) is 0 Å². The number of carbonyl (C=O) groups is 1. The average molecular weight is 517 g/mol. The van der Waals surface area contributed by atoms with Crippen molar-refractivity contribution >= 4 is 21.9 Å². The Hall–Kier alpha value is -3.41. The van der Waals surface area contributed by atoms with Gasteiger partial charge in [0.25, 0.3) is 0 Å². The molecule has 0 aliphatic carbocycles. The number of carbonyl (C=O) groups excluding carboxylic acids is 1. The Bertz CT molecular complexity index is 1190. The van der Waals surface area contributed by atoms with Crippen LogP contribution in [-0.2, 0) is 22.7 Å². The number of rotatable bonds is 10. The fourth-order valence-electron chi connectivity index (χ4n) is 3.40. The van der Waals surface area contributed by atoms with E-state index in [2.05, 4.69) is 15.9 Å². The topological polar surface area (TPSA) is 44.8 Å². The third kappa shape index (κ3) is 7.04. The highest BCUT2D eigenvalue weighted by molar-refractivity contribution is 9.10. The molecule has 0 N–H and O–H groups in total. The first-order valence-electron chi connectivity index (χ1n) is 11.0. The summed E-state index contributed by atoms with van der Waals surface area (Å²) in [5, 5.41) is 0. The smallest absolute Gasteiger partial charge is 0.338 e. The van der Waals surface area contributed by atoms with Crippen LogP contribution in [0.4, 0.5) is 0 Å². The number of halogens is 1. The van der Waals surface area contributed by atoms with Crippen LogP contribution in [0.25, 0.3) is 11.1 Å². The molecule has 4 aromatic carbocycles. The highest BCUT2D eigenvalue weighted by atomic mass is 79.9. The van der Waals surface area contributed by atoms with Crippen molar-refractivity contribution in [3.05, 3.63) is 124 Å². The van der Waals surface area contributed by atoms with Crippen LogP contribution in [0.3, 0.4) is 0 Å². The fourth-order valence-corrected chi connectivity index (χ4v) is 3.89. The third-order valence-corrected chi connectivity index (χ3v) is 5.60. The summed E-state index contributed by atoms with van der Waals surface area (Å²) in [6.45, 7) is 1.54. The molecule has 0 radical (unpaired) electrons. The van der Waals surface area contributed by atoms with Gasteiger partial charge in [0, 0.05) is 4.47 Å². The van der Waals surface area contributed by atoms with Crippen molar-refractivity contribution in [1.82, 2.24) is 0 Å². The van der Waals surface area contributed by atoms with Gasteiger partial charge in [0.15, 0.2) is 0 Å². The summed E-state index contributed by atoms with van der Waals surface area (Å²) in [5.74, 6) is 0.409. The van der Waals surface area contributed by atoms with Crippen molar-refractivity contribution in [2.45, 2.75) is 13.2 Å². The van der Waals surface area contributed by atoms with Crippen molar-refractivity contribution in [3.63, 3.8) is 0 Å². The normalized spacial score (nSPS) is 10.6. The Kier molecular flexibility index (Phi) is 8.49. The summed E-state index contributed by atoms with van der Waals surface area (Å²) >= 11 is 3.51. The lowest BCUT2D eigenvalue weighted by molar-refractivity contribution is 0.0288. The van der Waals surface area contributed by atoms with Crippen LogP contribution >= 0.6 is 15.9 Å². The van der Waals surface area contributed by atoms with Crippen molar-refractivity contribution in [3.8, 4) is 16.9 Å². The number of benzene rings is 4. The molecular formula is C29H25BrO4. The standard InChI is InChI=1S/C29H25BrO4/c30-27-18-25(24-11-13-28(14-12-24)34-21-23-9-5-2-6-10-23)17-26(19-27)29(31)33-16-15-32-20-22-7-3-1-4-8-22/h1-14,17-19H,15-16,20-21H2. The van der Waals surface area contributed by atoms with E-state index in [-0.39, 0.29) is 12.6 Å². The summed E-state index contributed by atoms with van der Waals surface area (Å²) in [6.07, 6.45) is 0. The minimum absolute atomic E-state index is 0.195. The average Bonchev–Trinajstić information content (AvgIpc) is 2.88. The van der Waals surface area contributed by atoms with E-state index in [9.17, 15) is 4.79 Å². The van der Waals surface area contributed by atoms with Gasteiger partial charge in [0.05, 0.1) is 18.8 Å². The van der Waals surface area contributed by atoms with Gasteiger partial charge >= 0.3 is 5.97 Å². The SMILES string of the molecule is O=C(OCCOCc1ccccc1)c1cc(Br)cc(-c2ccc(OCc3ccccc3)cc2)c1. The van der Waals surface area contributed by atoms with Crippen LogP contribution in [0.15, 0.2) is 108 Å². The maximum absolute atomic E-state index is 12.6. The van der Waals surface area contributed by atoms with E-state index >= 15 is 0 Å².